The van der Waals surface area contributed by atoms with Crippen LogP contribution in [-0.2, 0) is 14.3 Å². The molecule has 3 aliphatic heterocycles. The second-order valence-electron chi connectivity index (χ2n) is 12.6. The van der Waals surface area contributed by atoms with Crippen LogP contribution in [0, 0.1) is 23.7 Å². The maximum absolute atomic E-state index is 13.7. The average Bonchev–Trinajstić information content (AvgIpc) is 3.66. The zero-order chi connectivity index (χ0) is 28.3. The van der Waals surface area contributed by atoms with Gasteiger partial charge in [0.1, 0.15) is 6.04 Å². The zero-order valence-corrected chi connectivity index (χ0v) is 25.0. The van der Waals surface area contributed by atoms with Crippen molar-refractivity contribution < 1.29 is 19.1 Å². The molecule has 3 saturated heterocycles. The van der Waals surface area contributed by atoms with E-state index in [-0.39, 0.29) is 48.5 Å². The molecule has 5 fully saturated rings. The molecule has 4 unspecified atom stereocenters. The summed E-state index contributed by atoms with van der Waals surface area (Å²) in [4.78, 5) is 46.4. The summed E-state index contributed by atoms with van der Waals surface area (Å²) in [5.41, 5.74) is 3.25. The molecule has 5 rings (SSSR count). The summed E-state index contributed by atoms with van der Waals surface area (Å²) in [6.45, 7) is 14.6. The first-order chi connectivity index (χ1) is 18.6. The fourth-order valence-corrected chi connectivity index (χ4v) is 6.63. The lowest BCUT2D eigenvalue weighted by molar-refractivity contribution is -0.153. The molecule has 10 heteroatoms. The van der Waals surface area contributed by atoms with Crippen LogP contribution in [0.5, 0.6) is 0 Å². The maximum Gasteiger partial charge on any atom is 0.319 e. The van der Waals surface area contributed by atoms with E-state index in [1.165, 1.54) is 12.8 Å². The SMILES string of the molecule is CCOCC(NC(=O)C(C(C)C)N1CCC(CN(CC)C(=O)N(C)C(C)C2CC2)C1)C(=O)N1NCC2CC1C2. The molecule has 0 aromatic heterocycles. The van der Waals surface area contributed by atoms with Crippen LogP contribution in [0.2, 0.25) is 0 Å². The number of hydrazine groups is 1. The van der Waals surface area contributed by atoms with Crippen molar-refractivity contribution in [2.75, 3.05) is 53.0 Å². The Hall–Kier alpha value is -1.91. The predicted octanol–water partition coefficient (Wildman–Crippen LogP) is 2.15. The standard InChI is InChI=1S/C29H52N6O4/c1-7-33(29(38)32(6)20(5)23-9-10-23)16-21-11-12-34(17-21)26(19(3)4)27(36)31-25(18-39-8-2)28(37)35-24-13-22(14-24)15-30-35/h19-26,30H,7-18H2,1-6H3,(H,31,36). The van der Waals surface area contributed by atoms with E-state index in [0.29, 0.717) is 37.5 Å². The molecule has 2 saturated carbocycles. The van der Waals surface area contributed by atoms with E-state index in [1.54, 1.807) is 5.01 Å². The molecule has 0 radical (unpaired) electrons. The van der Waals surface area contributed by atoms with Gasteiger partial charge in [-0.1, -0.05) is 13.8 Å². The van der Waals surface area contributed by atoms with Crippen molar-refractivity contribution in [2.45, 2.75) is 90.9 Å². The number of hydrogen-bond acceptors (Lipinski definition) is 6. The highest BCUT2D eigenvalue weighted by Gasteiger charge is 2.44. The van der Waals surface area contributed by atoms with E-state index >= 15 is 0 Å². The van der Waals surface area contributed by atoms with Gasteiger partial charge in [-0.3, -0.25) is 19.5 Å². The van der Waals surface area contributed by atoms with Gasteiger partial charge in [0.2, 0.25) is 5.91 Å². The fraction of sp³-hybridized carbons (Fsp3) is 0.897. The fourth-order valence-electron chi connectivity index (χ4n) is 6.63. The molecule has 0 aromatic carbocycles. The Labute approximate surface area is 235 Å². The largest absolute Gasteiger partial charge is 0.379 e. The van der Waals surface area contributed by atoms with Crippen LogP contribution in [0.1, 0.15) is 66.7 Å². The maximum atomic E-state index is 13.7. The van der Waals surface area contributed by atoms with Crippen molar-refractivity contribution in [2.24, 2.45) is 23.7 Å². The number of likely N-dealkylation sites (tertiary alicyclic amines) is 1. The Balaban J connectivity index is 1.35. The first kappa shape index (κ1) is 30.1. The molecular weight excluding hydrogens is 496 g/mol. The topological polar surface area (TPSA) is 97.5 Å². The van der Waals surface area contributed by atoms with Crippen LogP contribution in [0.25, 0.3) is 0 Å². The molecule has 0 aromatic rings. The second kappa shape index (κ2) is 13.2. The van der Waals surface area contributed by atoms with E-state index < -0.39 is 6.04 Å². The summed E-state index contributed by atoms with van der Waals surface area (Å²) >= 11 is 0. The van der Waals surface area contributed by atoms with Gasteiger partial charge >= 0.3 is 6.03 Å². The molecule has 0 spiro atoms. The van der Waals surface area contributed by atoms with Gasteiger partial charge < -0.3 is 19.9 Å². The van der Waals surface area contributed by atoms with Gasteiger partial charge in [0.25, 0.3) is 5.91 Å². The summed E-state index contributed by atoms with van der Waals surface area (Å²) in [5.74, 6) is 1.48. The lowest BCUT2D eigenvalue weighted by atomic mass is 9.78. The number of carbonyl (C=O) groups excluding carboxylic acids is 3. The summed E-state index contributed by atoms with van der Waals surface area (Å²) in [6, 6.07) is -0.446. The molecule has 4 atom stereocenters. The number of carbonyl (C=O) groups is 3. The number of nitrogens with one attached hydrogen (secondary N) is 2. The Kier molecular flexibility index (Phi) is 10.1. The van der Waals surface area contributed by atoms with Crippen LogP contribution < -0.4 is 10.7 Å². The van der Waals surface area contributed by atoms with Crippen molar-refractivity contribution in [3.63, 3.8) is 0 Å². The highest BCUT2D eigenvalue weighted by molar-refractivity contribution is 5.90. The molecular formula is C29H52N6O4. The van der Waals surface area contributed by atoms with Crippen molar-refractivity contribution in [1.29, 1.82) is 0 Å². The number of urea groups is 1. The minimum absolute atomic E-state index is 0.0848. The third-order valence-electron chi connectivity index (χ3n) is 9.43. The van der Waals surface area contributed by atoms with Crippen molar-refractivity contribution in [3.05, 3.63) is 0 Å². The zero-order valence-electron chi connectivity index (χ0n) is 25.0. The van der Waals surface area contributed by atoms with E-state index in [0.717, 1.165) is 38.9 Å². The molecule has 39 heavy (non-hydrogen) atoms. The summed E-state index contributed by atoms with van der Waals surface area (Å²) in [5, 5.41) is 4.80. The smallest absolute Gasteiger partial charge is 0.319 e. The summed E-state index contributed by atoms with van der Waals surface area (Å²) in [7, 11) is 1.93. The van der Waals surface area contributed by atoms with Crippen LogP contribution in [-0.4, -0.2) is 115 Å². The normalized spacial score (nSPS) is 27.1. The molecule has 4 amide bonds. The lowest BCUT2D eigenvalue weighted by Gasteiger charge is -2.50. The monoisotopic (exact) mass is 548 g/mol. The minimum Gasteiger partial charge on any atom is -0.379 e. The van der Waals surface area contributed by atoms with Gasteiger partial charge in [-0.15, -0.1) is 0 Å². The number of ether oxygens (including phenoxy) is 1. The summed E-state index contributed by atoms with van der Waals surface area (Å²) in [6.07, 6.45) is 5.44. The Morgan fingerprint density at radius 1 is 1.10 bits per heavy atom. The summed E-state index contributed by atoms with van der Waals surface area (Å²) < 4.78 is 5.63. The Bertz CT molecular complexity index is 858. The van der Waals surface area contributed by atoms with Crippen LogP contribution in [0.3, 0.4) is 0 Å². The number of fused-ring (bicyclic) bond motifs is 2. The van der Waals surface area contributed by atoms with E-state index in [9.17, 15) is 14.4 Å². The highest BCUT2D eigenvalue weighted by atomic mass is 16.5. The van der Waals surface area contributed by atoms with Gasteiger partial charge in [-0.05, 0) is 83.1 Å². The second-order valence-corrected chi connectivity index (χ2v) is 12.6. The molecule has 10 nitrogen and oxygen atoms in total. The molecule has 222 valence electrons. The number of amides is 4. The third-order valence-corrected chi connectivity index (χ3v) is 9.43. The van der Waals surface area contributed by atoms with Crippen molar-refractivity contribution in [1.82, 2.24) is 30.5 Å². The van der Waals surface area contributed by atoms with Gasteiger partial charge in [-0.25, -0.2) is 10.2 Å². The minimum atomic E-state index is -0.709. The number of rotatable bonds is 13. The van der Waals surface area contributed by atoms with E-state index in [4.69, 9.17) is 4.74 Å². The quantitative estimate of drug-likeness (QED) is 0.366. The number of nitrogens with zero attached hydrogens (tertiary/aromatic N) is 4. The molecule has 2 bridgehead atoms. The Morgan fingerprint density at radius 3 is 2.38 bits per heavy atom. The van der Waals surface area contributed by atoms with Crippen molar-refractivity contribution >= 4 is 17.8 Å². The third kappa shape index (κ3) is 7.06. The highest BCUT2D eigenvalue weighted by Crippen LogP contribution is 2.36. The molecule has 5 aliphatic rings. The van der Waals surface area contributed by atoms with Crippen molar-refractivity contribution in [3.8, 4) is 0 Å². The van der Waals surface area contributed by atoms with Gasteiger partial charge in [0.15, 0.2) is 0 Å². The average molecular weight is 549 g/mol. The van der Waals surface area contributed by atoms with E-state index in [2.05, 4.69) is 36.4 Å². The first-order valence-electron chi connectivity index (χ1n) is 15.3. The van der Waals surface area contributed by atoms with Gasteiger partial charge in [-0.2, -0.15) is 0 Å². The van der Waals surface area contributed by atoms with E-state index in [1.807, 2.05) is 30.7 Å². The first-order valence-corrected chi connectivity index (χ1v) is 15.3. The van der Waals surface area contributed by atoms with Crippen LogP contribution in [0.4, 0.5) is 4.79 Å². The Morgan fingerprint density at radius 2 is 1.82 bits per heavy atom. The number of hydrogen-bond donors (Lipinski definition) is 2. The van der Waals surface area contributed by atoms with Gasteiger partial charge in [0.05, 0.1) is 12.6 Å². The molecule has 2 aliphatic carbocycles. The molecule has 2 N–H and O–H groups in total. The predicted molar refractivity (Wildman–Crippen MR) is 151 cm³/mol. The lowest BCUT2D eigenvalue weighted by Crippen LogP contribution is -2.67. The van der Waals surface area contributed by atoms with Gasteiger partial charge in [0, 0.05) is 51.9 Å². The molecule has 3 heterocycles. The van der Waals surface area contributed by atoms with Crippen LogP contribution >= 0.6 is 0 Å². The van der Waals surface area contributed by atoms with Crippen LogP contribution in [0.15, 0.2) is 0 Å².